The van der Waals surface area contributed by atoms with Gasteiger partial charge in [-0.15, -0.1) is 0 Å². The number of carbonyl (C=O) groups excluding carboxylic acids is 1. The summed E-state index contributed by atoms with van der Waals surface area (Å²) in [7, 11) is 1.94. The number of imidazole rings is 1. The van der Waals surface area contributed by atoms with Crippen molar-refractivity contribution >= 4 is 17.2 Å². The molecule has 0 spiro atoms. The summed E-state index contributed by atoms with van der Waals surface area (Å²) in [6.45, 7) is 2.12. The molecular formula is C13H16N4O. The van der Waals surface area contributed by atoms with Crippen LogP contribution in [-0.4, -0.2) is 15.3 Å². The fourth-order valence-corrected chi connectivity index (χ4v) is 1.74. The molecule has 5 heteroatoms. The molecule has 0 atom stereocenters. The van der Waals surface area contributed by atoms with Gasteiger partial charge in [-0.25, -0.2) is 4.98 Å². The van der Waals surface area contributed by atoms with E-state index < -0.39 is 0 Å². The smallest absolute Gasteiger partial charge is 0.161 e. The predicted octanol–water partition coefficient (Wildman–Crippen LogP) is 1.82. The van der Waals surface area contributed by atoms with Crippen molar-refractivity contribution in [1.29, 1.82) is 0 Å². The molecule has 0 amide bonds. The van der Waals surface area contributed by atoms with Gasteiger partial charge in [-0.2, -0.15) is 0 Å². The van der Waals surface area contributed by atoms with Gasteiger partial charge in [0.05, 0.1) is 6.54 Å². The van der Waals surface area contributed by atoms with Gasteiger partial charge in [0.25, 0.3) is 0 Å². The molecule has 0 radical (unpaired) electrons. The van der Waals surface area contributed by atoms with E-state index in [1.165, 1.54) is 6.92 Å². The van der Waals surface area contributed by atoms with E-state index in [0.717, 1.165) is 11.5 Å². The average molecular weight is 244 g/mol. The Hall–Kier alpha value is -2.30. The Morgan fingerprint density at radius 2 is 2.28 bits per heavy atom. The zero-order valence-corrected chi connectivity index (χ0v) is 10.5. The fraction of sp³-hybridized carbons (Fsp3) is 0.231. The van der Waals surface area contributed by atoms with E-state index in [1.54, 1.807) is 18.3 Å². The standard InChI is InChI=1S/C13H16N4O/c1-9(18)11-4-3-10(7-12(11)14)16-8-13-15-5-6-17(13)2/h3-7,16H,8,14H2,1-2H3. The van der Waals surface area contributed by atoms with Crippen molar-refractivity contribution in [3.63, 3.8) is 0 Å². The number of nitrogen functional groups attached to an aromatic ring is 1. The van der Waals surface area contributed by atoms with E-state index in [1.807, 2.05) is 23.9 Å². The number of ketones is 1. The Bertz CT molecular complexity index is 574. The summed E-state index contributed by atoms with van der Waals surface area (Å²) in [5.74, 6) is 0.910. The number of nitrogens with two attached hydrogens (primary N) is 1. The van der Waals surface area contributed by atoms with E-state index in [9.17, 15) is 4.79 Å². The van der Waals surface area contributed by atoms with Crippen LogP contribution in [0.25, 0.3) is 0 Å². The molecule has 0 saturated heterocycles. The molecule has 0 aliphatic rings. The SMILES string of the molecule is CC(=O)c1ccc(NCc2nccn2C)cc1N. The molecule has 1 aromatic carbocycles. The third-order valence-corrected chi connectivity index (χ3v) is 2.80. The summed E-state index contributed by atoms with van der Waals surface area (Å²) < 4.78 is 1.94. The van der Waals surface area contributed by atoms with Crippen LogP contribution >= 0.6 is 0 Å². The summed E-state index contributed by atoms with van der Waals surface area (Å²) in [4.78, 5) is 15.5. The molecule has 0 saturated carbocycles. The van der Waals surface area contributed by atoms with Gasteiger partial charge in [-0.1, -0.05) is 0 Å². The second-order valence-corrected chi connectivity index (χ2v) is 4.17. The number of aromatic nitrogens is 2. The highest BCUT2D eigenvalue weighted by Crippen LogP contribution is 2.18. The third kappa shape index (κ3) is 2.51. The van der Waals surface area contributed by atoms with E-state index >= 15 is 0 Å². The molecule has 5 nitrogen and oxygen atoms in total. The van der Waals surface area contributed by atoms with Crippen LogP contribution in [0.3, 0.4) is 0 Å². The largest absolute Gasteiger partial charge is 0.398 e. The number of nitrogens with zero attached hydrogens (tertiary/aromatic N) is 2. The van der Waals surface area contributed by atoms with Gasteiger partial charge in [0.1, 0.15) is 5.82 Å². The zero-order valence-electron chi connectivity index (χ0n) is 10.5. The van der Waals surface area contributed by atoms with Gasteiger partial charge in [0.15, 0.2) is 5.78 Å². The Balaban J connectivity index is 2.09. The summed E-state index contributed by atoms with van der Waals surface area (Å²) in [6.07, 6.45) is 3.65. The Morgan fingerprint density at radius 1 is 1.50 bits per heavy atom. The maximum Gasteiger partial charge on any atom is 0.161 e. The maximum atomic E-state index is 11.3. The molecule has 1 aromatic heterocycles. The summed E-state index contributed by atoms with van der Waals surface area (Å²) in [5, 5.41) is 3.22. The van der Waals surface area contributed by atoms with Crippen molar-refractivity contribution in [3.05, 3.63) is 42.0 Å². The lowest BCUT2D eigenvalue weighted by Crippen LogP contribution is -2.07. The lowest BCUT2D eigenvalue weighted by molar-refractivity contribution is 0.101. The molecule has 0 aliphatic carbocycles. The third-order valence-electron chi connectivity index (χ3n) is 2.80. The molecule has 3 N–H and O–H groups in total. The molecule has 2 rings (SSSR count). The normalized spacial score (nSPS) is 10.3. The van der Waals surface area contributed by atoms with Gasteiger partial charge in [0.2, 0.25) is 0 Å². The number of Topliss-reactive ketones (excluding diaryl/α,β-unsaturated/α-hetero) is 1. The van der Waals surface area contributed by atoms with Gasteiger partial charge < -0.3 is 15.6 Å². The van der Waals surface area contributed by atoms with Crippen LogP contribution in [0.1, 0.15) is 23.1 Å². The number of nitrogens with one attached hydrogen (secondary N) is 1. The van der Waals surface area contributed by atoms with Crippen LogP contribution in [0, 0.1) is 0 Å². The van der Waals surface area contributed by atoms with Crippen molar-refractivity contribution in [2.75, 3.05) is 11.1 Å². The molecule has 1 heterocycles. The first-order chi connectivity index (χ1) is 8.58. The van der Waals surface area contributed by atoms with Crippen molar-refractivity contribution in [2.45, 2.75) is 13.5 Å². The lowest BCUT2D eigenvalue weighted by Gasteiger charge is -2.09. The minimum atomic E-state index is -0.0249. The molecule has 18 heavy (non-hydrogen) atoms. The van der Waals surface area contributed by atoms with E-state index in [4.69, 9.17) is 5.73 Å². The molecule has 0 fully saturated rings. The van der Waals surface area contributed by atoms with Gasteiger partial charge in [0, 0.05) is 36.4 Å². The van der Waals surface area contributed by atoms with Crippen LogP contribution in [0.2, 0.25) is 0 Å². The maximum absolute atomic E-state index is 11.3. The first-order valence-corrected chi connectivity index (χ1v) is 5.68. The van der Waals surface area contributed by atoms with Crippen LogP contribution in [0.4, 0.5) is 11.4 Å². The molecular weight excluding hydrogens is 228 g/mol. The molecule has 2 aromatic rings. The van der Waals surface area contributed by atoms with Gasteiger partial charge in [-0.05, 0) is 25.1 Å². The second kappa shape index (κ2) is 4.91. The minimum absolute atomic E-state index is 0.0249. The first-order valence-electron chi connectivity index (χ1n) is 5.68. The number of carbonyl (C=O) groups is 1. The van der Waals surface area contributed by atoms with Crippen LogP contribution < -0.4 is 11.1 Å². The van der Waals surface area contributed by atoms with Crippen LogP contribution in [0.5, 0.6) is 0 Å². The zero-order chi connectivity index (χ0) is 13.1. The van der Waals surface area contributed by atoms with Crippen molar-refractivity contribution in [3.8, 4) is 0 Å². The summed E-state index contributed by atoms with van der Waals surface area (Å²) >= 11 is 0. The molecule has 0 aliphatic heterocycles. The Kier molecular flexibility index (Phi) is 3.32. The van der Waals surface area contributed by atoms with Crippen molar-refractivity contribution < 1.29 is 4.79 Å². The van der Waals surface area contributed by atoms with E-state index in [0.29, 0.717) is 17.8 Å². The van der Waals surface area contributed by atoms with Gasteiger partial charge in [-0.3, -0.25) is 4.79 Å². The van der Waals surface area contributed by atoms with Crippen LogP contribution in [0.15, 0.2) is 30.6 Å². The van der Waals surface area contributed by atoms with E-state index in [-0.39, 0.29) is 5.78 Å². The first kappa shape index (κ1) is 12.2. The number of hydrogen-bond donors (Lipinski definition) is 2. The topological polar surface area (TPSA) is 72.9 Å². The number of anilines is 2. The Morgan fingerprint density at radius 3 is 2.83 bits per heavy atom. The quantitative estimate of drug-likeness (QED) is 0.635. The Labute approximate surface area is 106 Å². The second-order valence-electron chi connectivity index (χ2n) is 4.17. The fourth-order valence-electron chi connectivity index (χ4n) is 1.74. The molecule has 0 unspecified atom stereocenters. The lowest BCUT2D eigenvalue weighted by atomic mass is 10.1. The number of rotatable bonds is 4. The summed E-state index contributed by atoms with van der Waals surface area (Å²) in [6, 6.07) is 5.34. The van der Waals surface area contributed by atoms with Gasteiger partial charge >= 0.3 is 0 Å². The highest BCUT2D eigenvalue weighted by atomic mass is 16.1. The highest BCUT2D eigenvalue weighted by Gasteiger charge is 2.05. The highest BCUT2D eigenvalue weighted by molar-refractivity contribution is 5.99. The predicted molar refractivity (Wildman–Crippen MR) is 71.4 cm³/mol. The minimum Gasteiger partial charge on any atom is -0.398 e. The molecule has 94 valence electrons. The van der Waals surface area contributed by atoms with Crippen molar-refractivity contribution in [2.24, 2.45) is 7.05 Å². The number of hydrogen-bond acceptors (Lipinski definition) is 4. The molecule has 0 bridgehead atoms. The number of benzene rings is 1. The van der Waals surface area contributed by atoms with Crippen molar-refractivity contribution in [1.82, 2.24) is 9.55 Å². The van der Waals surface area contributed by atoms with Crippen LogP contribution in [-0.2, 0) is 13.6 Å². The summed E-state index contributed by atoms with van der Waals surface area (Å²) in [5.41, 5.74) is 7.74. The average Bonchev–Trinajstić information content (AvgIpc) is 2.72. The number of aryl methyl sites for hydroxylation is 1. The monoisotopic (exact) mass is 244 g/mol. The van der Waals surface area contributed by atoms with E-state index in [2.05, 4.69) is 10.3 Å².